The molecule has 0 aromatic heterocycles. The molecule has 0 aliphatic rings. The van der Waals surface area contributed by atoms with Crippen molar-refractivity contribution in [3.63, 3.8) is 0 Å². The second-order valence-electron chi connectivity index (χ2n) is 36.9. The number of rotatable bonds is 65. The predicted octanol–water partition coefficient (Wildman–Crippen LogP) is 36.9. The molecule has 10 aromatic rings. The Morgan fingerprint density at radius 1 is 0.177 bits per heavy atom. The zero-order chi connectivity index (χ0) is 91.2. The third-order valence-electron chi connectivity index (χ3n) is 25.9. The second kappa shape index (κ2) is 60.1. The molecule has 6 nitrogen and oxygen atoms in total. The summed E-state index contributed by atoms with van der Waals surface area (Å²) in [6.45, 7) is 33.0. The van der Waals surface area contributed by atoms with Crippen LogP contribution in [0.25, 0.3) is 106 Å². The van der Waals surface area contributed by atoms with Gasteiger partial charge in [-0.2, -0.15) is 0 Å². The van der Waals surface area contributed by atoms with E-state index in [4.69, 9.17) is 9.47 Å². The minimum absolute atomic E-state index is 0.658. The van der Waals surface area contributed by atoms with Crippen molar-refractivity contribution >= 4 is 117 Å². The predicted molar refractivity (Wildman–Crippen MR) is 582 cm³/mol. The van der Waals surface area contributed by atoms with Crippen molar-refractivity contribution in [1.82, 2.24) is 0 Å². The largest absolute Gasteiger partial charge is 0.493 e. The Labute approximate surface area is 790 Å². The van der Waals surface area contributed by atoms with Crippen LogP contribution in [0.1, 0.15) is 367 Å². The van der Waals surface area contributed by atoms with E-state index in [1.165, 1.54) is 250 Å². The van der Waals surface area contributed by atoms with E-state index >= 15 is 0 Å². The third kappa shape index (κ3) is 35.2. The van der Waals surface area contributed by atoms with E-state index in [0.717, 1.165) is 167 Å². The average molecular weight is 1740 g/mol. The minimum Gasteiger partial charge on any atom is -0.493 e. The summed E-state index contributed by atoms with van der Waals surface area (Å²) in [5.74, 6) is 1.82. The van der Waals surface area contributed by atoms with Crippen LogP contribution in [0.5, 0.6) is 11.5 Å². The number of fused-ring (bicyclic) bond motifs is 2. The van der Waals surface area contributed by atoms with Gasteiger partial charge in [-0.3, -0.25) is 0 Å². The summed E-state index contributed by atoms with van der Waals surface area (Å²) in [5.41, 5.74) is 21.5. The van der Waals surface area contributed by atoms with E-state index in [9.17, 15) is 0 Å². The van der Waals surface area contributed by atoms with Gasteiger partial charge >= 0.3 is 0 Å². The highest BCUT2D eigenvalue weighted by Gasteiger charge is 2.21. The quantitative estimate of drug-likeness (QED) is 0.0279. The summed E-state index contributed by atoms with van der Waals surface area (Å²) in [7, 11) is 0. The summed E-state index contributed by atoms with van der Waals surface area (Å²) in [5, 5.41) is 4.64. The van der Waals surface area contributed by atoms with Crippen molar-refractivity contribution in [1.29, 1.82) is 0 Å². The standard InChI is InChI=1S/C124H166N4O2/c1-11-21-31-33-35-37-39-41-43-45-91-129-121-81-69-113-99-105(51-57-111-95-107(53-47-101-59-71-115(72-60-101)125(83-23-13-3)84-24-14-4)93-108(96-111)54-48-102-61-73-116(74-62-102)126(85-25-15-5)86-26-16-6)67-79-119(113)123(121)124-120-80-68-106(100-114(120)70-82-122(124)130-92-46-44-42-40-38-36-34-32-22-12-2)52-58-112-97-109(55-49-103-63-75-117(76-64-103)127(87-27-17-7)88-28-18-8)94-110(98-112)56-50-104-65-77-118(78-66-104)128(89-29-19-9)90-30-20-10/h47-82,93-100H,11-46,83-92H2,1-10H3/b53-47+,54-48+,55-49+,56-50+,57-51+,58-52+. The molecular formula is C124H166N4O2. The van der Waals surface area contributed by atoms with Gasteiger partial charge in [0.05, 0.1) is 13.2 Å². The molecule has 0 aliphatic carbocycles. The molecule has 0 fully saturated rings. The monoisotopic (exact) mass is 1740 g/mol. The first kappa shape index (κ1) is 102. The molecule has 0 bridgehead atoms. The van der Waals surface area contributed by atoms with E-state index in [-0.39, 0.29) is 0 Å². The fraction of sp³-hybridized carbons (Fsp3) is 0.452. The smallest absolute Gasteiger partial charge is 0.127 e. The highest BCUT2D eigenvalue weighted by atomic mass is 16.5. The van der Waals surface area contributed by atoms with Gasteiger partial charge in [0, 0.05) is 86.2 Å². The normalized spacial score (nSPS) is 11.9. The summed E-state index contributed by atoms with van der Waals surface area (Å²) < 4.78 is 14.4. The first-order valence-electron chi connectivity index (χ1n) is 52.2. The molecular weight excluding hydrogens is 1580 g/mol. The lowest BCUT2D eigenvalue weighted by molar-refractivity contribution is 0.301. The molecule has 0 heterocycles. The zero-order valence-electron chi connectivity index (χ0n) is 82.5. The van der Waals surface area contributed by atoms with Crippen molar-refractivity contribution < 1.29 is 9.47 Å². The molecule has 0 saturated carbocycles. The summed E-state index contributed by atoms with van der Waals surface area (Å²) >= 11 is 0. The molecule has 130 heavy (non-hydrogen) atoms. The summed E-state index contributed by atoms with van der Waals surface area (Å²) in [4.78, 5) is 10.3. The molecule has 0 unspecified atom stereocenters. The lowest BCUT2D eigenvalue weighted by atomic mass is 9.90. The first-order chi connectivity index (χ1) is 64.0. The van der Waals surface area contributed by atoms with Gasteiger partial charge in [-0.1, -0.05) is 394 Å². The van der Waals surface area contributed by atoms with Gasteiger partial charge in [0.25, 0.3) is 0 Å². The highest BCUT2D eigenvalue weighted by molar-refractivity contribution is 6.10. The molecule has 0 amide bonds. The van der Waals surface area contributed by atoms with Gasteiger partial charge < -0.3 is 29.1 Å². The van der Waals surface area contributed by atoms with Crippen LogP contribution in [0, 0.1) is 0 Å². The zero-order valence-corrected chi connectivity index (χ0v) is 82.5. The van der Waals surface area contributed by atoms with Gasteiger partial charge in [-0.25, -0.2) is 0 Å². The molecule has 0 N–H and O–H groups in total. The van der Waals surface area contributed by atoms with Crippen LogP contribution in [0.2, 0.25) is 0 Å². The Morgan fingerprint density at radius 3 is 0.592 bits per heavy atom. The van der Waals surface area contributed by atoms with Crippen molar-refractivity contribution in [3.05, 3.63) is 261 Å². The van der Waals surface area contributed by atoms with E-state index in [1.54, 1.807) is 0 Å². The summed E-state index contributed by atoms with van der Waals surface area (Å²) in [6, 6.07) is 74.1. The van der Waals surface area contributed by atoms with Crippen molar-refractivity contribution in [2.24, 2.45) is 0 Å². The molecule has 10 aromatic carbocycles. The van der Waals surface area contributed by atoms with E-state index in [0.29, 0.717) is 13.2 Å². The number of ether oxygens (including phenoxy) is 2. The van der Waals surface area contributed by atoms with Crippen molar-refractivity contribution in [2.75, 3.05) is 85.2 Å². The molecule has 0 spiro atoms. The lowest BCUT2D eigenvalue weighted by Gasteiger charge is -2.24. The van der Waals surface area contributed by atoms with Gasteiger partial charge in [-0.15, -0.1) is 0 Å². The van der Waals surface area contributed by atoms with Gasteiger partial charge in [0.15, 0.2) is 0 Å². The Balaban J connectivity index is 1.02. The van der Waals surface area contributed by atoms with Crippen LogP contribution in [0.3, 0.4) is 0 Å². The first-order valence-corrected chi connectivity index (χ1v) is 52.2. The molecule has 6 heteroatoms. The lowest BCUT2D eigenvalue weighted by Crippen LogP contribution is -2.25. The van der Waals surface area contributed by atoms with Crippen molar-refractivity contribution in [2.45, 2.75) is 300 Å². The maximum atomic E-state index is 7.20. The minimum atomic E-state index is 0.658. The molecule has 10 rings (SSSR count). The topological polar surface area (TPSA) is 31.4 Å². The number of hydrogen-bond donors (Lipinski definition) is 0. The van der Waals surface area contributed by atoms with E-state index in [1.807, 2.05) is 0 Å². The Hall–Kier alpha value is -10.0. The van der Waals surface area contributed by atoms with Gasteiger partial charge in [0.1, 0.15) is 11.5 Å². The van der Waals surface area contributed by atoms with Crippen LogP contribution in [-0.2, 0) is 0 Å². The second-order valence-corrected chi connectivity index (χ2v) is 36.9. The van der Waals surface area contributed by atoms with E-state index in [2.05, 4.69) is 356 Å². The maximum absolute atomic E-state index is 7.20. The fourth-order valence-electron chi connectivity index (χ4n) is 17.8. The molecule has 694 valence electrons. The molecule has 0 saturated heterocycles. The van der Waals surface area contributed by atoms with Gasteiger partial charge in [-0.05, 0) is 262 Å². The average Bonchev–Trinajstić information content (AvgIpc) is 0.746. The Kier molecular flexibility index (Phi) is 47.2. The van der Waals surface area contributed by atoms with Gasteiger partial charge in [0.2, 0.25) is 0 Å². The summed E-state index contributed by atoms with van der Waals surface area (Å²) in [6.07, 6.45) is 72.2. The molecule has 0 radical (unpaired) electrons. The SMILES string of the molecule is CCCCCCCCCCCCOc1ccc2cc(/C=C/c3cc(/C=C/c4ccc(N(CCCC)CCCC)cc4)cc(/C=C/c4ccc(N(CCCC)CCCC)cc4)c3)ccc2c1-c1c(OCCCCCCCCCCCC)ccc2cc(/C=C/c3cc(/C=C/c4ccc(N(CCCC)CCCC)cc4)cc(/C=C/c4ccc(N(CCCC)CCCC)cc4)c3)ccc12. The molecule has 0 atom stereocenters. The number of unbranched alkanes of at least 4 members (excludes halogenated alkanes) is 26. The molecule has 0 aliphatic heterocycles. The number of nitrogens with zero attached hydrogens (tertiary/aromatic N) is 4. The highest BCUT2D eigenvalue weighted by Crippen LogP contribution is 2.47. The van der Waals surface area contributed by atoms with Crippen LogP contribution in [0.15, 0.2) is 194 Å². The fourth-order valence-corrected chi connectivity index (χ4v) is 17.8. The Bertz CT molecular complexity index is 4490. The van der Waals surface area contributed by atoms with Crippen LogP contribution < -0.4 is 29.1 Å². The van der Waals surface area contributed by atoms with Crippen LogP contribution >= 0.6 is 0 Å². The third-order valence-corrected chi connectivity index (χ3v) is 25.9. The van der Waals surface area contributed by atoms with Crippen molar-refractivity contribution in [3.8, 4) is 22.6 Å². The van der Waals surface area contributed by atoms with Crippen LogP contribution in [0.4, 0.5) is 22.7 Å². The maximum Gasteiger partial charge on any atom is 0.127 e. The van der Waals surface area contributed by atoms with Crippen LogP contribution in [-0.4, -0.2) is 65.6 Å². The van der Waals surface area contributed by atoms with E-state index < -0.39 is 0 Å². The number of hydrogen-bond acceptors (Lipinski definition) is 6. The number of anilines is 4. The number of benzene rings is 10. The Morgan fingerprint density at radius 2 is 0.369 bits per heavy atom.